The van der Waals surface area contributed by atoms with Crippen molar-refractivity contribution in [1.82, 2.24) is 5.32 Å². The zero-order valence-electron chi connectivity index (χ0n) is 14.8. The molecule has 1 aliphatic heterocycles. The second-order valence-electron chi connectivity index (χ2n) is 6.55. The van der Waals surface area contributed by atoms with Gasteiger partial charge in [-0.1, -0.05) is 48.5 Å². The van der Waals surface area contributed by atoms with Gasteiger partial charge >= 0.3 is 0 Å². The van der Waals surface area contributed by atoms with Gasteiger partial charge in [-0.15, -0.1) is 0 Å². The van der Waals surface area contributed by atoms with Gasteiger partial charge in [0.2, 0.25) is 0 Å². The molecular formula is C22H20N2O2S. The van der Waals surface area contributed by atoms with E-state index in [0.29, 0.717) is 12.1 Å². The summed E-state index contributed by atoms with van der Waals surface area (Å²) in [7, 11) is 0. The number of hydrogen-bond donors (Lipinski definition) is 1. The van der Waals surface area contributed by atoms with E-state index in [4.69, 9.17) is 0 Å². The van der Waals surface area contributed by atoms with E-state index >= 15 is 0 Å². The van der Waals surface area contributed by atoms with E-state index in [2.05, 4.69) is 11.4 Å². The molecule has 1 N–H and O–H groups in total. The lowest BCUT2D eigenvalue weighted by atomic mass is 9.99. The molecule has 5 heteroatoms. The van der Waals surface area contributed by atoms with Gasteiger partial charge in [0, 0.05) is 17.6 Å². The Hall–Kier alpha value is -2.92. The van der Waals surface area contributed by atoms with Crippen molar-refractivity contribution in [2.75, 3.05) is 11.4 Å². The van der Waals surface area contributed by atoms with Gasteiger partial charge < -0.3 is 10.2 Å². The minimum atomic E-state index is -0.718. The molecule has 4 rings (SSSR count). The van der Waals surface area contributed by atoms with Gasteiger partial charge in [-0.2, -0.15) is 11.3 Å². The zero-order valence-corrected chi connectivity index (χ0v) is 15.6. The van der Waals surface area contributed by atoms with Crippen LogP contribution in [0.2, 0.25) is 0 Å². The molecular weight excluding hydrogens is 356 g/mol. The number of carbonyl (C=O) groups excluding carboxylic acids is 2. The second kappa shape index (κ2) is 7.76. The van der Waals surface area contributed by atoms with Gasteiger partial charge in [0.15, 0.2) is 0 Å². The first-order valence-corrected chi connectivity index (χ1v) is 9.95. The molecule has 0 saturated carbocycles. The average molecular weight is 376 g/mol. The molecule has 2 amide bonds. The van der Waals surface area contributed by atoms with Crippen LogP contribution in [0.3, 0.4) is 0 Å². The first-order chi connectivity index (χ1) is 13.2. The maximum absolute atomic E-state index is 13.5. The molecule has 0 bridgehead atoms. The molecule has 2 heterocycles. The van der Waals surface area contributed by atoms with Crippen molar-refractivity contribution >= 4 is 28.8 Å². The summed E-state index contributed by atoms with van der Waals surface area (Å²) in [4.78, 5) is 27.9. The third-order valence-electron chi connectivity index (χ3n) is 4.81. The van der Waals surface area contributed by atoms with Crippen LogP contribution < -0.4 is 10.2 Å². The SMILES string of the molecule is O=C(N[C@H](C(=O)N1CCCc2ccccc21)c1ccccc1)c1ccsc1. The van der Waals surface area contributed by atoms with Crippen molar-refractivity contribution in [2.45, 2.75) is 18.9 Å². The van der Waals surface area contributed by atoms with Crippen LogP contribution in [-0.2, 0) is 11.2 Å². The summed E-state index contributed by atoms with van der Waals surface area (Å²) in [6, 6.07) is 18.5. The van der Waals surface area contributed by atoms with E-state index in [-0.39, 0.29) is 11.8 Å². The maximum Gasteiger partial charge on any atom is 0.254 e. The van der Waals surface area contributed by atoms with Crippen LogP contribution in [0.4, 0.5) is 5.69 Å². The van der Waals surface area contributed by atoms with Gasteiger partial charge in [0.25, 0.3) is 11.8 Å². The number of benzene rings is 2. The number of hydrogen-bond acceptors (Lipinski definition) is 3. The summed E-state index contributed by atoms with van der Waals surface area (Å²) in [6.07, 6.45) is 1.89. The first-order valence-electron chi connectivity index (χ1n) is 9.01. The minimum absolute atomic E-state index is 0.100. The lowest BCUT2D eigenvalue weighted by Crippen LogP contribution is -2.45. The van der Waals surface area contributed by atoms with E-state index in [1.54, 1.807) is 11.4 Å². The van der Waals surface area contributed by atoms with Crippen LogP contribution in [-0.4, -0.2) is 18.4 Å². The quantitative estimate of drug-likeness (QED) is 0.742. The topological polar surface area (TPSA) is 49.4 Å². The van der Waals surface area contributed by atoms with E-state index < -0.39 is 6.04 Å². The fourth-order valence-electron chi connectivity index (χ4n) is 3.46. The summed E-state index contributed by atoms with van der Waals surface area (Å²) in [5.41, 5.74) is 3.48. The number of nitrogens with one attached hydrogen (secondary N) is 1. The smallest absolute Gasteiger partial charge is 0.254 e. The van der Waals surface area contributed by atoms with Gasteiger partial charge in [0.05, 0.1) is 5.56 Å². The Morgan fingerprint density at radius 1 is 1.00 bits per heavy atom. The Morgan fingerprint density at radius 2 is 1.78 bits per heavy atom. The number of amides is 2. The molecule has 1 atom stereocenters. The molecule has 3 aromatic rings. The Labute approximate surface area is 162 Å². The summed E-state index contributed by atoms with van der Waals surface area (Å²) in [5, 5.41) is 6.59. The summed E-state index contributed by atoms with van der Waals surface area (Å²) >= 11 is 1.46. The molecule has 0 spiro atoms. The number of carbonyl (C=O) groups is 2. The van der Waals surface area contributed by atoms with Crippen LogP contribution in [0.1, 0.15) is 33.9 Å². The van der Waals surface area contributed by atoms with Crippen molar-refractivity contribution < 1.29 is 9.59 Å². The van der Waals surface area contributed by atoms with Crippen molar-refractivity contribution in [3.63, 3.8) is 0 Å². The summed E-state index contributed by atoms with van der Waals surface area (Å²) < 4.78 is 0. The third-order valence-corrected chi connectivity index (χ3v) is 5.50. The Morgan fingerprint density at radius 3 is 2.56 bits per heavy atom. The fraction of sp³-hybridized carbons (Fsp3) is 0.182. The van der Waals surface area contributed by atoms with Crippen LogP contribution >= 0.6 is 11.3 Å². The predicted molar refractivity (Wildman–Crippen MR) is 108 cm³/mol. The lowest BCUT2D eigenvalue weighted by molar-refractivity contribution is -0.120. The van der Waals surface area contributed by atoms with E-state index in [1.165, 1.54) is 16.9 Å². The second-order valence-corrected chi connectivity index (χ2v) is 7.33. The number of nitrogens with zero attached hydrogens (tertiary/aromatic N) is 1. The molecule has 1 aromatic heterocycles. The zero-order chi connectivity index (χ0) is 18.6. The molecule has 1 aliphatic rings. The number of thiophene rings is 1. The van der Waals surface area contributed by atoms with E-state index in [1.807, 2.05) is 58.8 Å². The average Bonchev–Trinajstić information content (AvgIpc) is 3.27. The standard InChI is InChI=1S/C22H20N2O2S/c25-21(18-12-14-27-15-18)23-20(17-8-2-1-3-9-17)22(26)24-13-6-10-16-7-4-5-11-19(16)24/h1-5,7-9,11-12,14-15,20H,6,10,13H2,(H,23,25)/t20-/m0/s1. The number of fused-ring (bicyclic) bond motifs is 1. The van der Waals surface area contributed by atoms with Crippen molar-refractivity contribution in [3.05, 3.63) is 88.1 Å². The highest BCUT2D eigenvalue weighted by atomic mass is 32.1. The third kappa shape index (κ3) is 3.64. The lowest BCUT2D eigenvalue weighted by Gasteiger charge is -2.32. The highest BCUT2D eigenvalue weighted by Crippen LogP contribution is 2.29. The summed E-state index contributed by atoms with van der Waals surface area (Å²) in [5.74, 6) is -0.333. The monoisotopic (exact) mass is 376 g/mol. The molecule has 27 heavy (non-hydrogen) atoms. The first kappa shape index (κ1) is 17.5. The Kier molecular flexibility index (Phi) is 5.03. The van der Waals surface area contributed by atoms with Crippen LogP contribution in [0, 0.1) is 0 Å². The molecule has 2 aromatic carbocycles. The molecule has 0 aliphatic carbocycles. The highest BCUT2D eigenvalue weighted by molar-refractivity contribution is 7.08. The van der Waals surface area contributed by atoms with Crippen molar-refractivity contribution in [1.29, 1.82) is 0 Å². The van der Waals surface area contributed by atoms with Gasteiger partial charge in [0.1, 0.15) is 6.04 Å². The van der Waals surface area contributed by atoms with Crippen LogP contribution in [0.5, 0.6) is 0 Å². The molecule has 0 fully saturated rings. The molecule has 136 valence electrons. The van der Waals surface area contributed by atoms with E-state index in [9.17, 15) is 9.59 Å². The van der Waals surface area contributed by atoms with Crippen molar-refractivity contribution in [2.24, 2.45) is 0 Å². The normalized spacial score (nSPS) is 14.3. The van der Waals surface area contributed by atoms with E-state index in [0.717, 1.165) is 24.1 Å². The molecule has 0 unspecified atom stereocenters. The van der Waals surface area contributed by atoms with Gasteiger partial charge in [-0.3, -0.25) is 9.59 Å². The number of aryl methyl sites for hydroxylation is 1. The van der Waals surface area contributed by atoms with Gasteiger partial charge in [-0.05, 0) is 41.5 Å². The number of para-hydroxylation sites is 1. The van der Waals surface area contributed by atoms with Crippen LogP contribution in [0.15, 0.2) is 71.4 Å². The van der Waals surface area contributed by atoms with Crippen LogP contribution in [0.25, 0.3) is 0 Å². The largest absolute Gasteiger partial charge is 0.336 e. The fourth-order valence-corrected chi connectivity index (χ4v) is 4.10. The Balaban J connectivity index is 1.67. The predicted octanol–water partition coefficient (Wildman–Crippen LogP) is 4.20. The Bertz CT molecular complexity index is 938. The summed E-state index contributed by atoms with van der Waals surface area (Å²) in [6.45, 7) is 0.660. The molecule has 0 radical (unpaired) electrons. The van der Waals surface area contributed by atoms with Crippen molar-refractivity contribution in [3.8, 4) is 0 Å². The number of rotatable bonds is 4. The minimum Gasteiger partial charge on any atom is -0.336 e. The molecule has 0 saturated heterocycles. The number of anilines is 1. The highest BCUT2D eigenvalue weighted by Gasteiger charge is 2.31. The molecule has 4 nitrogen and oxygen atoms in total. The maximum atomic E-state index is 13.5. The van der Waals surface area contributed by atoms with Gasteiger partial charge in [-0.25, -0.2) is 0 Å².